The summed E-state index contributed by atoms with van der Waals surface area (Å²) < 4.78 is 0. The molecule has 0 radical (unpaired) electrons. The second kappa shape index (κ2) is 6.10. The summed E-state index contributed by atoms with van der Waals surface area (Å²) in [6, 6.07) is 1.83. The van der Waals surface area contributed by atoms with Gasteiger partial charge >= 0.3 is 0 Å². The summed E-state index contributed by atoms with van der Waals surface area (Å²) in [5, 5.41) is 0.771. The molecule has 0 aromatic carbocycles. The van der Waals surface area contributed by atoms with E-state index in [1.54, 1.807) is 6.20 Å². The number of hydrogen-bond donors (Lipinski definition) is 0. The Kier molecular flexibility index (Phi) is 4.22. The van der Waals surface area contributed by atoms with Crippen molar-refractivity contribution in [3.05, 3.63) is 29.0 Å². The minimum absolute atomic E-state index is 0.314. The summed E-state index contributed by atoms with van der Waals surface area (Å²) in [5.74, 6) is 0.685. The first-order chi connectivity index (χ1) is 9.74. The molecule has 0 unspecified atom stereocenters. The van der Waals surface area contributed by atoms with Crippen molar-refractivity contribution in [3.63, 3.8) is 0 Å². The van der Waals surface area contributed by atoms with Crippen LogP contribution >= 0.6 is 11.6 Å². The lowest BCUT2D eigenvalue weighted by atomic mass is 9.84. The molecule has 1 aliphatic heterocycles. The predicted octanol–water partition coefficient (Wildman–Crippen LogP) is 2.18. The first kappa shape index (κ1) is 13.8. The maximum absolute atomic E-state index is 12.2. The molecular weight excluding hydrogens is 274 g/mol. The molecule has 20 heavy (non-hydrogen) atoms. The third-order valence-corrected chi connectivity index (χ3v) is 4.75. The van der Waals surface area contributed by atoms with Gasteiger partial charge < -0.3 is 4.90 Å². The molecular formula is C15H20ClN3O. The van der Waals surface area contributed by atoms with Gasteiger partial charge in [0.25, 0.3) is 0 Å². The van der Waals surface area contributed by atoms with Crippen LogP contribution in [0.3, 0.4) is 0 Å². The third kappa shape index (κ3) is 2.96. The van der Waals surface area contributed by atoms with Gasteiger partial charge in [-0.1, -0.05) is 18.0 Å². The van der Waals surface area contributed by atoms with Crippen molar-refractivity contribution in [2.45, 2.75) is 25.8 Å². The summed E-state index contributed by atoms with van der Waals surface area (Å²) >= 11 is 6.16. The van der Waals surface area contributed by atoms with Crippen molar-refractivity contribution >= 4 is 17.5 Å². The highest BCUT2D eigenvalue weighted by molar-refractivity contribution is 6.31. The Morgan fingerprint density at radius 3 is 2.65 bits per heavy atom. The number of rotatable bonds is 3. The highest BCUT2D eigenvalue weighted by Crippen LogP contribution is 2.28. The van der Waals surface area contributed by atoms with Gasteiger partial charge in [0.15, 0.2) is 0 Å². The number of nitrogens with zero attached hydrogens (tertiary/aromatic N) is 3. The molecule has 1 aliphatic carbocycles. The number of carbonyl (C=O) groups is 1. The van der Waals surface area contributed by atoms with Crippen molar-refractivity contribution in [1.29, 1.82) is 0 Å². The van der Waals surface area contributed by atoms with E-state index in [-0.39, 0.29) is 0 Å². The monoisotopic (exact) mass is 293 g/mol. The molecule has 1 saturated heterocycles. The molecule has 2 heterocycles. The van der Waals surface area contributed by atoms with Crippen molar-refractivity contribution in [1.82, 2.24) is 14.8 Å². The van der Waals surface area contributed by atoms with E-state index in [0.717, 1.165) is 56.2 Å². The second-order valence-electron chi connectivity index (χ2n) is 5.70. The molecule has 2 aliphatic rings. The van der Waals surface area contributed by atoms with E-state index in [2.05, 4.69) is 9.88 Å². The van der Waals surface area contributed by atoms with Gasteiger partial charge in [0, 0.05) is 61.6 Å². The zero-order valence-electron chi connectivity index (χ0n) is 11.6. The van der Waals surface area contributed by atoms with Crippen LogP contribution in [0.1, 0.15) is 24.8 Å². The Balaban J connectivity index is 1.51. The number of amides is 1. The number of hydrogen-bond acceptors (Lipinski definition) is 3. The van der Waals surface area contributed by atoms with Crippen molar-refractivity contribution < 1.29 is 4.79 Å². The number of aromatic nitrogens is 1. The number of piperazine rings is 1. The van der Waals surface area contributed by atoms with Crippen LogP contribution in [-0.4, -0.2) is 46.9 Å². The van der Waals surface area contributed by atoms with Gasteiger partial charge in [-0.15, -0.1) is 0 Å². The fourth-order valence-corrected chi connectivity index (χ4v) is 2.97. The normalized spacial score (nSPS) is 20.8. The van der Waals surface area contributed by atoms with E-state index in [1.165, 1.54) is 6.42 Å². The Morgan fingerprint density at radius 1 is 1.30 bits per heavy atom. The van der Waals surface area contributed by atoms with E-state index >= 15 is 0 Å². The van der Waals surface area contributed by atoms with E-state index in [9.17, 15) is 4.79 Å². The molecule has 1 saturated carbocycles. The smallest absolute Gasteiger partial charge is 0.225 e. The molecule has 5 heteroatoms. The maximum atomic E-state index is 12.2. The van der Waals surface area contributed by atoms with Crippen molar-refractivity contribution in [2.24, 2.45) is 5.92 Å². The van der Waals surface area contributed by atoms with Gasteiger partial charge in [0.05, 0.1) is 0 Å². The molecule has 2 fully saturated rings. The number of carbonyl (C=O) groups excluding carboxylic acids is 1. The summed E-state index contributed by atoms with van der Waals surface area (Å²) in [5.41, 5.74) is 1.06. The summed E-state index contributed by atoms with van der Waals surface area (Å²) in [4.78, 5) is 20.7. The Morgan fingerprint density at radius 2 is 2.05 bits per heavy atom. The SMILES string of the molecule is O=C(C1CCC1)N1CCN(Cc2cnccc2Cl)CC1. The van der Waals surface area contributed by atoms with Gasteiger partial charge in [0.2, 0.25) is 5.91 Å². The zero-order valence-corrected chi connectivity index (χ0v) is 12.4. The quantitative estimate of drug-likeness (QED) is 0.857. The highest BCUT2D eigenvalue weighted by Gasteiger charge is 2.31. The summed E-state index contributed by atoms with van der Waals surface area (Å²) in [6.45, 7) is 4.34. The van der Waals surface area contributed by atoms with Crippen LogP contribution in [0.25, 0.3) is 0 Å². The van der Waals surface area contributed by atoms with E-state index in [0.29, 0.717) is 11.8 Å². The van der Waals surface area contributed by atoms with Gasteiger partial charge in [-0.2, -0.15) is 0 Å². The van der Waals surface area contributed by atoms with Gasteiger partial charge in [-0.05, 0) is 18.9 Å². The standard InChI is InChI=1S/C15H20ClN3O/c16-14-4-5-17-10-13(14)11-18-6-8-19(9-7-18)15(20)12-2-1-3-12/h4-5,10,12H,1-3,6-9,11H2. The Bertz CT molecular complexity index is 482. The van der Waals surface area contributed by atoms with Gasteiger partial charge in [-0.3, -0.25) is 14.7 Å². The first-order valence-electron chi connectivity index (χ1n) is 7.33. The largest absolute Gasteiger partial charge is 0.340 e. The van der Waals surface area contributed by atoms with Crippen molar-refractivity contribution in [2.75, 3.05) is 26.2 Å². The average molecular weight is 294 g/mol. The zero-order chi connectivity index (χ0) is 13.9. The van der Waals surface area contributed by atoms with Crippen LogP contribution < -0.4 is 0 Å². The molecule has 3 rings (SSSR count). The fourth-order valence-electron chi connectivity index (χ4n) is 2.81. The summed E-state index contributed by atoms with van der Waals surface area (Å²) in [6.07, 6.45) is 6.93. The van der Waals surface area contributed by atoms with Crippen LogP contribution in [0, 0.1) is 5.92 Å². The maximum Gasteiger partial charge on any atom is 0.225 e. The lowest BCUT2D eigenvalue weighted by molar-refractivity contribution is -0.140. The number of halogens is 1. The topological polar surface area (TPSA) is 36.4 Å². The fraction of sp³-hybridized carbons (Fsp3) is 0.600. The molecule has 0 bridgehead atoms. The minimum Gasteiger partial charge on any atom is -0.340 e. The highest BCUT2D eigenvalue weighted by atomic mass is 35.5. The molecule has 4 nitrogen and oxygen atoms in total. The Hall–Kier alpha value is -1.13. The molecule has 0 spiro atoms. The summed E-state index contributed by atoms with van der Waals surface area (Å²) in [7, 11) is 0. The Labute approximate surface area is 124 Å². The lowest BCUT2D eigenvalue weighted by Crippen LogP contribution is -2.50. The van der Waals surface area contributed by atoms with Crippen LogP contribution in [0.5, 0.6) is 0 Å². The van der Waals surface area contributed by atoms with E-state index in [4.69, 9.17) is 11.6 Å². The van der Waals surface area contributed by atoms with Gasteiger partial charge in [-0.25, -0.2) is 0 Å². The number of pyridine rings is 1. The molecule has 108 valence electrons. The minimum atomic E-state index is 0.314. The molecule has 0 atom stereocenters. The predicted molar refractivity (Wildman–Crippen MR) is 78.4 cm³/mol. The van der Waals surface area contributed by atoms with Gasteiger partial charge in [0.1, 0.15) is 0 Å². The third-order valence-electron chi connectivity index (χ3n) is 4.38. The first-order valence-corrected chi connectivity index (χ1v) is 7.71. The van der Waals surface area contributed by atoms with E-state index in [1.807, 2.05) is 17.2 Å². The van der Waals surface area contributed by atoms with Crippen molar-refractivity contribution in [3.8, 4) is 0 Å². The molecule has 1 aromatic rings. The second-order valence-corrected chi connectivity index (χ2v) is 6.10. The molecule has 1 aromatic heterocycles. The average Bonchev–Trinajstić information content (AvgIpc) is 2.40. The van der Waals surface area contributed by atoms with Crippen LogP contribution in [-0.2, 0) is 11.3 Å². The van der Waals surface area contributed by atoms with E-state index < -0.39 is 0 Å². The lowest BCUT2D eigenvalue weighted by Gasteiger charge is -2.38. The molecule has 1 amide bonds. The van der Waals surface area contributed by atoms with Crippen LogP contribution in [0.4, 0.5) is 0 Å². The van der Waals surface area contributed by atoms with Crippen LogP contribution in [0.15, 0.2) is 18.5 Å². The van der Waals surface area contributed by atoms with Crippen LogP contribution in [0.2, 0.25) is 5.02 Å². The molecule has 0 N–H and O–H groups in total.